The number of rotatable bonds is 3. The van der Waals surface area contributed by atoms with Gasteiger partial charge in [0.1, 0.15) is 5.82 Å². The van der Waals surface area contributed by atoms with Gasteiger partial charge in [0.2, 0.25) is 0 Å². The van der Waals surface area contributed by atoms with Crippen LogP contribution in [0.3, 0.4) is 0 Å². The van der Waals surface area contributed by atoms with Gasteiger partial charge in [-0.05, 0) is 31.1 Å². The van der Waals surface area contributed by atoms with Crippen molar-refractivity contribution < 1.29 is 0 Å². The summed E-state index contributed by atoms with van der Waals surface area (Å²) in [6.07, 6.45) is 4.81. The molecule has 0 amide bonds. The third-order valence-corrected chi connectivity index (χ3v) is 1.93. The Bertz CT molecular complexity index is 308. The van der Waals surface area contributed by atoms with Crippen molar-refractivity contribution in [2.24, 2.45) is 0 Å². The number of pyridine rings is 1. The van der Waals surface area contributed by atoms with Crippen LogP contribution in [-0.4, -0.2) is 10.9 Å². The van der Waals surface area contributed by atoms with Crippen molar-refractivity contribution in [3.63, 3.8) is 0 Å². The minimum atomic E-state index is 0.552. The molecule has 0 saturated heterocycles. The van der Waals surface area contributed by atoms with Gasteiger partial charge in [0, 0.05) is 5.88 Å². The number of nitrogens with two attached hydrogens (primary N) is 1. The Balaban J connectivity index is 2.81. The highest BCUT2D eigenvalue weighted by Crippen LogP contribution is 2.09. The smallest absolute Gasteiger partial charge is 0.124 e. The van der Waals surface area contributed by atoms with Crippen LogP contribution in [0.2, 0.25) is 0 Å². The van der Waals surface area contributed by atoms with E-state index in [1.807, 2.05) is 25.1 Å². The molecule has 0 atom stereocenters. The van der Waals surface area contributed by atoms with E-state index in [4.69, 9.17) is 17.3 Å². The molecule has 0 aliphatic heterocycles. The molecule has 0 aliphatic carbocycles. The van der Waals surface area contributed by atoms with Crippen LogP contribution < -0.4 is 5.73 Å². The highest BCUT2D eigenvalue weighted by Gasteiger charge is 1.95. The van der Waals surface area contributed by atoms with E-state index in [2.05, 4.69) is 4.98 Å². The molecular formula is C10H13ClN2. The fourth-order valence-corrected chi connectivity index (χ4v) is 1.11. The lowest BCUT2D eigenvalue weighted by molar-refractivity contribution is 1.21. The van der Waals surface area contributed by atoms with Crippen LogP contribution in [0.25, 0.3) is 6.08 Å². The van der Waals surface area contributed by atoms with Gasteiger partial charge in [-0.25, -0.2) is 4.98 Å². The Kier molecular flexibility index (Phi) is 3.77. The van der Waals surface area contributed by atoms with Gasteiger partial charge < -0.3 is 5.73 Å². The molecule has 1 heterocycles. The van der Waals surface area contributed by atoms with Crippen LogP contribution in [0, 0.1) is 6.92 Å². The Morgan fingerprint density at radius 3 is 3.00 bits per heavy atom. The molecule has 0 aliphatic rings. The molecule has 1 rings (SSSR count). The standard InChI is InChI=1S/C10H13ClN2/c1-8-5-6-10(12)13-9(8)4-2-3-7-11/h2,4-6H,3,7H2,1H3,(H2,12,13). The molecule has 2 N–H and O–H groups in total. The summed E-state index contributed by atoms with van der Waals surface area (Å²) < 4.78 is 0. The van der Waals surface area contributed by atoms with E-state index >= 15 is 0 Å². The van der Waals surface area contributed by atoms with Gasteiger partial charge in [0.05, 0.1) is 5.69 Å². The van der Waals surface area contributed by atoms with Crippen molar-refractivity contribution in [1.82, 2.24) is 4.98 Å². The first-order valence-corrected chi connectivity index (χ1v) is 4.73. The zero-order valence-electron chi connectivity index (χ0n) is 7.63. The van der Waals surface area contributed by atoms with Crippen LogP contribution in [-0.2, 0) is 0 Å². The Morgan fingerprint density at radius 1 is 1.54 bits per heavy atom. The number of allylic oxidation sites excluding steroid dienone is 1. The molecule has 13 heavy (non-hydrogen) atoms. The van der Waals surface area contributed by atoms with Crippen molar-refractivity contribution in [1.29, 1.82) is 0 Å². The van der Waals surface area contributed by atoms with Crippen LogP contribution in [0.4, 0.5) is 5.82 Å². The first kappa shape index (κ1) is 10.1. The lowest BCUT2D eigenvalue weighted by Crippen LogP contribution is -1.93. The van der Waals surface area contributed by atoms with E-state index in [-0.39, 0.29) is 0 Å². The van der Waals surface area contributed by atoms with E-state index in [9.17, 15) is 0 Å². The molecule has 0 saturated carbocycles. The summed E-state index contributed by atoms with van der Waals surface area (Å²) in [5, 5.41) is 0. The first-order chi connectivity index (χ1) is 6.24. The first-order valence-electron chi connectivity index (χ1n) is 4.19. The molecule has 0 radical (unpaired) electrons. The lowest BCUT2D eigenvalue weighted by atomic mass is 10.2. The molecule has 0 unspecified atom stereocenters. The number of hydrogen-bond donors (Lipinski definition) is 1. The number of nitrogens with zero attached hydrogens (tertiary/aromatic N) is 1. The fraction of sp³-hybridized carbons (Fsp3) is 0.300. The highest BCUT2D eigenvalue weighted by molar-refractivity contribution is 6.17. The average Bonchev–Trinajstić information content (AvgIpc) is 2.11. The van der Waals surface area contributed by atoms with Gasteiger partial charge in [0.25, 0.3) is 0 Å². The molecule has 70 valence electrons. The van der Waals surface area contributed by atoms with Crippen molar-refractivity contribution in [3.05, 3.63) is 29.5 Å². The summed E-state index contributed by atoms with van der Waals surface area (Å²) in [4.78, 5) is 4.19. The van der Waals surface area contributed by atoms with Gasteiger partial charge in [-0.1, -0.05) is 12.1 Å². The van der Waals surface area contributed by atoms with Gasteiger partial charge in [-0.15, -0.1) is 11.6 Å². The zero-order chi connectivity index (χ0) is 9.68. The van der Waals surface area contributed by atoms with Crippen molar-refractivity contribution in [3.8, 4) is 0 Å². The van der Waals surface area contributed by atoms with Crippen molar-refractivity contribution in [2.45, 2.75) is 13.3 Å². The summed E-state index contributed by atoms with van der Waals surface area (Å²) in [5.74, 6) is 1.19. The van der Waals surface area contributed by atoms with Crippen molar-refractivity contribution >= 4 is 23.5 Å². The van der Waals surface area contributed by atoms with E-state index < -0.39 is 0 Å². The molecule has 1 aromatic rings. The summed E-state index contributed by atoms with van der Waals surface area (Å²) in [7, 11) is 0. The highest BCUT2D eigenvalue weighted by atomic mass is 35.5. The summed E-state index contributed by atoms with van der Waals surface area (Å²) >= 11 is 5.54. The maximum absolute atomic E-state index is 5.56. The Morgan fingerprint density at radius 2 is 2.31 bits per heavy atom. The summed E-state index contributed by atoms with van der Waals surface area (Å²) in [6.45, 7) is 2.01. The Labute approximate surface area is 83.4 Å². The minimum absolute atomic E-state index is 0.552. The second-order valence-electron chi connectivity index (χ2n) is 2.82. The van der Waals surface area contributed by atoms with E-state index in [1.54, 1.807) is 6.07 Å². The predicted molar refractivity (Wildman–Crippen MR) is 57.8 cm³/mol. The number of aromatic nitrogens is 1. The Hall–Kier alpha value is -1.02. The quantitative estimate of drug-likeness (QED) is 0.755. The monoisotopic (exact) mass is 196 g/mol. The topological polar surface area (TPSA) is 38.9 Å². The largest absolute Gasteiger partial charge is 0.384 e. The van der Waals surface area contributed by atoms with Crippen LogP contribution in [0.1, 0.15) is 17.7 Å². The van der Waals surface area contributed by atoms with Gasteiger partial charge >= 0.3 is 0 Å². The van der Waals surface area contributed by atoms with E-state index in [1.165, 1.54) is 0 Å². The number of alkyl halides is 1. The molecular weight excluding hydrogens is 184 g/mol. The molecule has 1 aromatic heterocycles. The minimum Gasteiger partial charge on any atom is -0.384 e. The third-order valence-electron chi connectivity index (χ3n) is 1.71. The van der Waals surface area contributed by atoms with Gasteiger partial charge in [-0.2, -0.15) is 0 Å². The number of nitrogen functional groups attached to an aromatic ring is 1. The number of hydrogen-bond acceptors (Lipinski definition) is 2. The maximum Gasteiger partial charge on any atom is 0.124 e. The molecule has 0 bridgehead atoms. The molecule has 0 fully saturated rings. The average molecular weight is 197 g/mol. The molecule has 2 nitrogen and oxygen atoms in total. The van der Waals surface area contributed by atoms with E-state index in [0.29, 0.717) is 11.7 Å². The lowest BCUT2D eigenvalue weighted by Gasteiger charge is -1.99. The van der Waals surface area contributed by atoms with Crippen LogP contribution in [0.5, 0.6) is 0 Å². The number of halogens is 1. The third kappa shape index (κ3) is 3.07. The van der Waals surface area contributed by atoms with Crippen LogP contribution >= 0.6 is 11.6 Å². The number of anilines is 1. The summed E-state index contributed by atoms with van der Waals surface area (Å²) in [5.41, 5.74) is 7.61. The molecule has 0 spiro atoms. The second kappa shape index (κ2) is 4.87. The zero-order valence-corrected chi connectivity index (χ0v) is 8.38. The molecule has 3 heteroatoms. The normalized spacial score (nSPS) is 10.9. The maximum atomic E-state index is 5.56. The SMILES string of the molecule is Cc1ccc(N)nc1C=CCCCl. The predicted octanol–water partition coefficient (Wildman–Crippen LogP) is 2.61. The molecule has 0 aromatic carbocycles. The van der Waals surface area contributed by atoms with Crippen molar-refractivity contribution in [2.75, 3.05) is 11.6 Å². The second-order valence-corrected chi connectivity index (χ2v) is 3.20. The van der Waals surface area contributed by atoms with Crippen LogP contribution in [0.15, 0.2) is 18.2 Å². The fourth-order valence-electron chi connectivity index (χ4n) is 0.987. The summed E-state index contributed by atoms with van der Waals surface area (Å²) in [6, 6.07) is 3.76. The van der Waals surface area contributed by atoms with E-state index in [0.717, 1.165) is 17.7 Å². The van der Waals surface area contributed by atoms with Gasteiger partial charge in [-0.3, -0.25) is 0 Å². The van der Waals surface area contributed by atoms with Gasteiger partial charge in [0.15, 0.2) is 0 Å². The number of aryl methyl sites for hydroxylation is 1.